The molecule has 5 aromatic rings. The van der Waals surface area contributed by atoms with Gasteiger partial charge in [-0.3, -0.25) is 34.5 Å². The van der Waals surface area contributed by atoms with Gasteiger partial charge in [-0.05, 0) is 84.6 Å². The number of unbranched alkanes of at least 4 members (excludes halogenated alkanes) is 1. The van der Waals surface area contributed by atoms with E-state index in [4.69, 9.17) is 4.74 Å². The van der Waals surface area contributed by atoms with E-state index in [0.29, 0.717) is 52.4 Å². The van der Waals surface area contributed by atoms with Crippen molar-refractivity contribution in [2.24, 2.45) is 0 Å². The molecule has 9 heteroatoms. The number of nitrogens with one attached hydrogen (secondary N) is 1. The number of benzene rings is 1. The Morgan fingerprint density at radius 2 is 1.02 bits per heavy atom. The van der Waals surface area contributed by atoms with E-state index in [1.54, 1.807) is 6.92 Å². The topological polar surface area (TPSA) is 96.4 Å². The first-order valence-electron chi connectivity index (χ1n) is 16.1. The highest BCUT2D eigenvalue weighted by Gasteiger charge is 2.15. The minimum Gasteiger partial charge on any atom is -0.494 e. The van der Waals surface area contributed by atoms with Gasteiger partial charge >= 0.3 is 0 Å². The predicted molar refractivity (Wildman–Crippen MR) is 183 cm³/mol. The molecule has 1 N–H and O–H groups in total. The Labute approximate surface area is 277 Å². The molecule has 0 fully saturated rings. The maximum absolute atomic E-state index is 11.2. The van der Waals surface area contributed by atoms with Gasteiger partial charge in [-0.1, -0.05) is 30.3 Å². The molecule has 1 amide bonds. The maximum atomic E-state index is 11.2. The van der Waals surface area contributed by atoms with Crippen molar-refractivity contribution in [3.63, 3.8) is 0 Å². The molecule has 0 aliphatic heterocycles. The van der Waals surface area contributed by atoms with Crippen molar-refractivity contribution in [2.75, 3.05) is 13.2 Å². The van der Waals surface area contributed by atoms with Gasteiger partial charge in [0.25, 0.3) is 0 Å². The summed E-state index contributed by atoms with van der Waals surface area (Å²) in [7, 11) is 0. The van der Waals surface area contributed by atoms with Gasteiger partial charge in [0.2, 0.25) is 5.91 Å². The number of ether oxygens (including phenoxy) is 1. The van der Waals surface area contributed by atoms with E-state index in [-0.39, 0.29) is 5.91 Å². The zero-order valence-corrected chi connectivity index (χ0v) is 27.0. The molecule has 0 aliphatic carbocycles. The summed E-state index contributed by atoms with van der Waals surface area (Å²) in [6.45, 7) is 6.90. The Morgan fingerprint density at radius 3 is 1.38 bits per heavy atom. The number of aromatic nitrogens is 4. The molecule has 0 saturated carbocycles. The van der Waals surface area contributed by atoms with Crippen LogP contribution in [0.15, 0.2) is 116 Å². The monoisotopic (exact) mass is 629 g/mol. The molecule has 0 atom stereocenters. The molecule has 1 aromatic carbocycles. The minimum atomic E-state index is -0.00909. The van der Waals surface area contributed by atoms with Gasteiger partial charge in [0.05, 0.1) is 29.4 Å². The van der Waals surface area contributed by atoms with Gasteiger partial charge in [0.1, 0.15) is 5.75 Å². The van der Waals surface area contributed by atoms with Crippen LogP contribution in [0.3, 0.4) is 0 Å². The van der Waals surface area contributed by atoms with E-state index in [1.807, 2.05) is 73.3 Å². The summed E-state index contributed by atoms with van der Waals surface area (Å²) in [4.78, 5) is 34.4. The minimum absolute atomic E-state index is 0.00909. The van der Waals surface area contributed by atoms with E-state index in [1.165, 1.54) is 0 Å². The second-order valence-corrected chi connectivity index (χ2v) is 11.6. The van der Waals surface area contributed by atoms with Crippen molar-refractivity contribution < 1.29 is 9.53 Å². The fourth-order valence-electron chi connectivity index (χ4n) is 5.41. The number of pyridine rings is 4. The number of hydrogen-bond donors (Lipinski definition) is 1. The second-order valence-electron chi connectivity index (χ2n) is 11.6. The molecule has 242 valence electrons. The van der Waals surface area contributed by atoms with Crippen LogP contribution in [0.4, 0.5) is 0 Å². The third-order valence-corrected chi connectivity index (χ3v) is 7.50. The van der Waals surface area contributed by atoms with Crippen molar-refractivity contribution >= 4 is 5.91 Å². The number of carbonyl (C=O) groups is 1. The second kappa shape index (κ2) is 18.2. The Bertz CT molecular complexity index is 1430. The smallest absolute Gasteiger partial charge is 0.216 e. The number of nitrogens with zero attached hydrogens (tertiary/aromatic N) is 6. The van der Waals surface area contributed by atoms with Crippen molar-refractivity contribution in [3.05, 3.63) is 150 Å². The van der Waals surface area contributed by atoms with Gasteiger partial charge in [-0.2, -0.15) is 0 Å². The Morgan fingerprint density at radius 1 is 0.596 bits per heavy atom. The molecule has 4 heterocycles. The highest BCUT2D eigenvalue weighted by Crippen LogP contribution is 2.23. The first-order valence-corrected chi connectivity index (χ1v) is 16.1. The number of rotatable bonds is 18. The molecule has 0 spiro atoms. The lowest BCUT2D eigenvalue weighted by atomic mass is 10.1. The zero-order chi connectivity index (χ0) is 32.5. The molecule has 0 radical (unpaired) electrons. The molecular weight excluding hydrogens is 586 g/mol. The molecule has 0 saturated heterocycles. The lowest BCUT2D eigenvalue weighted by Gasteiger charge is -2.25. The first kappa shape index (κ1) is 33.4. The summed E-state index contributed by atoms with van der Waals surface area (Å²) in [5.74, 6) is 0.827. The van der Waals surface area contributed by atoms with Crippen molar-refractivity contribution in [2.45, 2.75) is 59.0 Å². The average Bonchev–Trinajstić information content (AvgIpc) is 3.08. The number of hydrogen-bond acceptors (Lipinski definition) is 8. The average molecular weight is 630 g/mol. The van der Waals surface area contributed by atoms with Crippen molar-refractivity contribution in [3.8, 4) is 5.75 Å². The van der Waals surface area contributed by atoms with Crippen LogP contribution >= 0.6 is 0 Å². The van der Waals surface area contributed by atoms with Gasteiger partial charge in [0, 0.05) is 77.5 Å². The standard InChI is InChI=1S/C38H43N7O2/c1-31(46)39-16-10-11-21-47-38-23-32(25-44(27-34-12-2-6-17-40-34)28-35-13-3-7-18-41-35)22-33(24-38)26-45(29-36-14-4-8-19-42-36)30-37-15-5-9-20-43-37/h2-9,12-15,17-20,22-24H,10-11,16,21,25-30H2,1H3,(H,39,46). The normalized spacial score (nSPS) is 11.1. The number of amides is 1. The van der Waals surface area contributed by atoms with Crippen LogP contribution in [0.1, 0.15) is 53.7 Å². The predicted octanol–water partition coefficient (Wildman–Crippen LogP) is 5.97. The molecule has 0 aliphatic rings. The third-order valence-electron chi connectivity index (χ3n) is 7.50. The van der Waals surface area contributed by atoms with Crippen LogP contribution in [-0.2, 0) is 44.1 Å². The lowest BCUT2D eigenvalue weighted by molar-refractivity contribution is -0.118. The summed E-state index contributed by atoms with van der Waals surface area (Å²) in [6.07, 6.45) is 9.05. The Balaban J connectivity index is 1.39. The van der Waals surface area contributed by atoms with Crippen LogP contribution in [0, 0.1) is 0 Å². The van der Waals surface area contributed by atoms with E-state index in [2.05, 4.69) is 77.5 Å². The molecule has 0 unspecified atom stereocenters. The van der Waals surface area contributed by atoms with Gasteiger partial charge in [0.15, 0.2) is 0 Å². The summed E-state index contributed by atoms with van der Waals surface area (Å²) in [6, 6.07) is 30.7. The molecule has 5 rings (SSSR count). The Kier molecular flexibility index (Phi) is 12.9. The third kappa shape index (κ3) is 12.0. The van der Waals surface area contributed by atoms with E-state index in [0.717, 1.165) is 52.5 Å². The van der Waals surface area contributed by atoms with Gasteiger partial charge in [-0.15, -0.1) is 0 Å². The van der Waals surface area contributed by atoms with E-state index < -0.39 is 0 Å². The highest BCUT2D eigenvalue weighted by atomic mass is 16.5. The molecular formula is C38H43N7O2. The fraction of sp³-hybridized carbons (Fsp3) is 0.289. The summed E-state index contributed by atoms with van der Waals surface area (Å²) in [5.41, 5.74) is 6.33. The number of carbonyl (C=O) groups excluding carboxylic acids is 1. The molecule has 4 aromatic heterocycles. The first-order chi connectivity index (χ1) is 23.1. The largest absolute Gasteiger partial charge is 0.494 e. The maximum Gasteiger partial charge on any atom is 0.216 e. The SMILES string of the molecule is CC(=O)NCCCCOc1cc(CN(Cc2ccccn2)Cc2ccccn2)cc(CN(Cc2ccccn2)Cc2ccccn2)c1. The van der Waals surface area contributed by atoms with E-state index >= 15 is 0 Å². The van der Waals surface area contributed by atoms with Crippen LogP contribution in [0.25, 0.3) is 0 Å². The zero-order valence-electron chi connectivity index (χ0n) is 27.0. The van der Waals surface area contributed by atoms with Crippen molar-refractivity contribution in [1.29, 1.82) is 0 Å². The molecule has 0 bridgehead atoms. The van der Waals surface area contributed by atoms with Crippen LogP contribution < -0.4 is 10.1 Å². The fourth-order valence-corrected chi connectivity index (χ4v) is 5.41. The summed E-state index contributed by atoms with van der Waals surface area (Å²) in [5, 5.41) is 2.86. The highest BCUT2D eigenvalue weighted by molar-refractivity contribution is 5.72. The Hall–Kier alpha value is -4.99. The van der Waals surface area contributed by atoms with Crippen LogP contribution in [-0.4, -0.2) is 48.8 Å². The van der Waals surface area contributed by atoms with Gasteiger partial charge in [-0.25, -0.2) is 0 Å². The van der Waals surface area contributed by atoms with Gasteiger partial charge < -0.3 is 10.1 Å². The summed E-state index contributed by atoms with van der Waals surface area (Å²) < 4.78 is 6.33. The molecule has 47 heavy (non-hydrogen) atoms. The van der Waals surface area contributed by atoms with E-state index in [9.17, 15) is 4.79 Å². The summed E-state index contributed by atoms with van der Waals surface area (Å²) >= 11 is 0. The lowest BCUT2D eigenvalue weighted by Crippen LogP contribution is -2.25. The molecule has 9 nitrogen and oxygen atoms in total. The quantitative estimate of drug-likeness (QED) is 0.119. The van der Waals surface area contributed by atoms with Crippen LogP contribution in [0.2, 0.25) is 0 Å². The van der Waals surface area contributed by atoms with Crippen LogP contribution in [0.5, 0.6) is 5.75 Å². The van der Waals surface area contributed by atoms with Crippen molar-refractivity contribution in [1.82, 2.24) is 35.1 Å².